The summed E-state index contributed by atoms with van der Waals surface area (Å²) in [6.07, 6.45) is 3.81. The van der Waals surface area contributed by atoms with Crippen molar-refractivity contribution >= 4 is 17.7 Å². The van der Waals surface area contributed by atoms with Gasteiger partial charge in [0.25, 0.3) is 0 Å². The molecule has 0 spiro atoms. The molecule has 0 radical (unpaired) electrons. The molecule has 1 aromatic carbocycles. The van der Waals surface area contributed by atoms with Gasteiger partial charge in [0.15, 0.2) is 0 Å². The number of benzene rings is 1. The molecule has 132 valence electrons. The number of nitrogens with zero attached hydrogens (tertiary/aromatic N) is 5. The molecule has 1 aliphatic heterocycles. The van der Waals surface area contributed by atoms with Gasteiger partial charge >= 0.3 is 0 Å². The molecule has 2 heterocycles. The van der Waals surface area contributed by atoms with Crippen LogP contribution in [0.25, 0.3) is 0 Å². The van der Waals surface area contributed by atoms with Crippen molar-refractivity contribution in [1.82, 2.24) is 9.99 Å². The standard InChI is InChI=1S/C20H27N5/c1-3-23(4-2)19-10-8-18(9-11-19)17-22-25-15-13-24(14-16-25)20-7-5-6-12-21-20/h5-12,17H,3-4,13-16H2,1-2H3/b22-17-. The number of hydrogen-bond donors (Lipinski definition) is 0. The van der Waals surface area contributed by atoms with E-state index in [9.17, 15) is 0 Å². The maximum Gasteiger partial charge on any atom is 0.128 e. The largest absolute Gasteiger partial charge is 0.372 e. The molecule has 3 rings (SSSR count). The average Bonchev–Trinajstić information content (AvgIpc) is 2.69. The summed E-state index contributed by atoms with van der Waals surface area (Å²) in [5.41, 5.74) is 2.41. The number of rotatable bonds is 6. The van der Waals surface area contributed by atoms with Crippen molar-refractivity contribution in [2.24, 2.45) is 5.10 Å². The first-order valence-corrected chi connectivity index (χ1v) is 9.10. The lowest BCUT2D eigenvalue weighted by atomic mass is 10.2. The molecule has 2 aromatic rings. The van der Waals surface area contributed by atoms with E-state index in [1.165, 1.54) is 5.69 Å². The molecule has 0 unspecified atom stereocenters. The van der Waals surface area contributed by atoms with Gasteiger partial charge in [-0.25, -0.2) is 4.98 Å². The Bertz CT molecular complexity index is 656. The second kappa shape index (κ2) is 8.51. The van der Waals surface area contributed by atoms with Gasteiger partial charge in [0, 0.05) is 38.1 Å². The van der Waals surface area contributed by atoms with E-state index in [4.69, 9.17) is 0 Å². The zero-order valence-electron chi connectivity index (χ0n) is 15.2. The van der Waals surface area contributed by atoms with Gasteiger partial charge in [0.05, 0.1) is 19.3 Å². The minimum Gasteiger partial charge on any atom is -0.372 e. The van der Waals surface area contributed by atoms with Crippen molar-refractivity contribution in [3.63, 3.8) is 0 Å². The third kappa shape index (κ3) is 4.50. The van der Waals surface area contributed by atoms with E-state index in [-0.39, 0.29) is 0 Å². The summed E-state index contributed by atoms with van der Waals surface area (Å²) in [6, 6.07) is 14.7. The summed E-state index contributed by atoms with van der Waals surface area (Å²) in [7, 11) is 0. The highest BCUT2D eigenvalue weighted by Gasteiger charge is 2.16. The second-order valence-corrected chi connectivity index (χ2v) is 6.14. The molecule has 0 saturated carbocycles. The highest BCUT2D eigenvalue weighted by molar-refractivity contribution is 5.80. The Balaban J connectivity index is 1.53. The fraction of sp³-hybridized carbons (Fsp3) is 0.400. The molecule has 5 heteroatoms. The SMILES string of the molecule is CCN(CC)c1ccc(/C=N\N2CCN(c3ccccn3)CC2)cc1. The summed E-state index contributed by atoms with van der Waals surface area (Å²) in [6.45, 7) is 10.2. The highest BCUT2D eigenvalue weighted by Crippen LogP contribution is 2.15. The molecule has 1 fully saturated rings. The number of hydrazone groups is 1. The van der Waals surface area contributed by atoms with Crippen molar-refractivity contribution in [3.05, 3.63) is 54.2 Å². The van der Waals surface area contributed by atoms with Crippen LogP contribution in [0.1, 0.15) is 19.4 Å². The molecular formula is C20H27N5. The lowest BCUT2D eigenvalue weighted by Crippen LogP contribution is -2.44. The molecule has 5 nitrogen and oxygen atoms in total. The molecule has 1 aliphatic rings. The third-order valence-electron chi connectivity index (χ3n) is 4.62. The molecule has 0 aliphatic carbocycles. The van der Waals surface area contributed by atoms with E-state index in [1.54, 1.807) is 0 Å². The van der Waals surface area contributed by atoms with Crippen LogP contribution in [-0.2, 0) is 0 Å². The fourth-order valence-corrected chi connectivity index (χ4v) is 3.09. The minimum atomic E-state index is 0.921. The van der Waals surface area contributed by atoms with Crippen LogP contribution in [0.2, 0.25) is 0 Å². The van der Waals surface area contributed by atoms with Crippen LogP contribution in [0.5, 0.6) is 0 Å². The van der Waals surface area contributed by atoms with Crippen molar-refractivity contribution in [1.29, 1.82) is 0 Å². The Morgan fingerprint density at radius 3 is 2.32 bits per heavy atom. The number of hydrogen-bond acceptors (Lipinski definition) is 5. The monoisotopic (exact) mass is 337 g/mol. The van der Waals surface area contributed by atoms with Crippen LogP contribution in [0.15, 0.2) is 53.8 Å². The van der Waals surface area contributed by atoms with Gasteiger partial charge in [0.1, 0.15) is 5.82 Å². The fourth-order valence-electron chi connectivity index (χ4n) is 3.09. The summed E-state index contributed by atoms with van der Waals surface area (Å²) < 4.78 is 0. The number of pyridine rings is 1. The molecule has 1 saturated heterocycles. The van der Waals surface area contributed by atoms with E-state index in [0.29, 0.717) is 0 Å². The van der Waals surface area contributed by atoms with E-state index < -0.39 is 0 Å². The number of piperazine rings is 1. The second-order valence-electron chi connectivity index (χ2n) is 6.14. The Kier molecular flexibility index (Phi) is 5.88. The van der Waals surface area contributed by atoms with Crippen LogP contribution >= 0.6 is 0 Å². The predicted molar refractivity (Wildman–Crippen MR) is 106 cm³/mol. The summed E-state index contributed by atoms with van der Waals surface area (Å²) >= 11 is 0. The molecule has 1 aromatic heterocycles. The molecule has 0 atom stereocenters. The normalized spacial score (nSPS) is 15.0. The van der Waals surface area contributed by atoms with Crippen LogP contribution < -0.4 is 9.80 Å². The van der Waals surface area contributed by atoms with E-state index in [0.717, 1.165) is 50.6 Å². The third-order valence-corrected chi connectivity index (χ3v) is 4.62. The Labute approximate surface area is 150 Å². The van der Waals surface area contributed by atoms with Crippen LogP contribution in [0.3, 0.4) is 0 Å². The lowest BCUT2D eigenvalue weighted by molar-refractivity contribution is 0.271. The zero-order valence-corrected chi connectivity index (χ0v) is 15.2. The van der Waals surface area contributed by atoms with Crippen molar-refractivity contribution in [2.75, 3.05) is 49.1 Å². The van der Waals surface area contributed by atoms with Crippen molar-refractivity contribution in [3.8, 4) is 0 Å². The smallest absolute Gasteiger partial charge is 0.128 e. The zero-order chi connectivity index (χ0) is 17.5. The van der Waals surface area contributed by atoms with Gasteiger partial charge < -0.3 is 9.80 Å². The van der Waals surface area contributed by atoms with Crippen LogP contribution in [0.4, 0.5) is 11.5 Å². The summed E-state index contributed by atoms with van der Waals surface area (Å²) in [5, 5.41) is 6.78. The first-order valence-electron chi connectivity index (χ1n) is 9.10. The molecule has 0 amide bonds. The molecule has 0 bridgehead atoms. The van der Waals surface area contributed by atoms with Gasteiger partial charge in [0.2, 0.25) is 0 Å². The molecular weight excluding hydrogens is 310 g/mol. The average molecular weight is 337 g/mol. The molecule has 0 N–H and O–H groups in total. The maximum atomic E-state index is 4.64. The van der Waals surface area contributed by atoms with E-state index >= 15 is 0 Å². The number of aromatic nitrogens is 1. The quantitative estimate of drug-likeness (QED) is 0.759. The highest BCUT2D eigenvalue weighted by atomic mass is 15.5. The Morgan fingerprint density at radius 2 is 1.72 bits per heavy atom. The lowest BCUT2D eigenvalue weighted by Gasteiger charge is -2.33. The van der Waals surface area contributed by atoms with Gasteiger partial charge in [-0.1, -0.05) is 18.2 Å². The van der Waals surface area contributed by atoms with Gasteiger partial charge in [-0.05, 0) is 43.7 Å². The Morgan fingerprint density at radius 1 is 1.00 bits per heavy atom. The molecule has 25 heavy (non-hydrogen) atoms. The first-order chi connectivity index (χ1) is 12.3. The van der Waals surface area contributed by atoms with E-state index in [2.05, 4.69) is 69.1 Å². The van der Waals surface area contributed by atoms with E-state index in [1.807, 2.05) is 24.5 Å². The van der Waals surface area contributed by atoms with Gasteiger partial charge in [-0.2, -0.15) is 5.10 Å². The number of anilines is 2. The van der Waals surface area contributed by atoms with Crippen molar-refractivity contribution in [2.45, 2.75) is 13.8 Å². The first kappa shape index (κ1) is 17.3. The summed E-state index contributed by atoms with van der Waals surface area (Å²) in [4.78, 5) is 9.08. The summed E-state index contributed by atoms with van der Waals surface area (Å²) in [5.74, 6) is 1.05. The van der Waals surface area contributed by atoms with Gasteiger partial charge in [-0.3, -0.25) is 5.01 Å². The Hall–Kier alpha value is -2.56. The predicted octanol–water partition coefficient (Wildman–Crippen LogP) is 3.08. The topological polar surface area (TPSA) is 35.0 Å². The van der Waals surface area contributed by atoms with Crippen LogP contribution in [-0.4, -0.2) is 55.5 Å². The van der Waals surface area contributed by atoms with Gasteiger partial charge in [-0.15, -0.1) is 0 Å². The van der Waals surface area contributed by atoms with Crippen LogP contribution in [0, 0.1) is 0 Å². The maximum absolute atomic E-state index is 4.64. The minimum absolute atomic E-state index is 0.921. The van der Waals surface area contributed by atoms with Crippen molar-refractivity contribution < 1.29 is 0 Å².